The summed E-state index contributed by atoms with van der Waals surface area (Å²) >= 11 is 0. The minimum atomic E-state index is 0.138. The number of aliphatic hydroxyl groups is 1. The molecule has 2 atom stereocenters. The Kier molecular flexibility index (Phi) is 5.83. The maximum absolute atomic E-state index is 9.03. The molecule has 1 aromatic carbocycles. The van der Waals surface area contributed by atoms with Crippen LogP contribution in [-0.4, -0.2) is 36.2 Å². The normalized spacial score (nSPS) is 22.3. The lowest BCUT2D eigenvalue weighted by Crippen LogP contribution is -2.37. The molecule has 2 rings (SSSR count). The third-order valence-electron chi connectivity index (χ3n) is 4.12. The lowest BCUT2D eigenvalue weighted by Gasteiger charge is -2.33. The van der Waals surface area contributed by atoms with Gasteiger partial charge in [0.15, 0.2) is 0 Å². The molecule has 3 nitrogen and oxygen atoms in total. The number of piperidine rings is 1. The largest absolute Gasteiger partial charge is 0.396 e. The topological polar surface area (TPSA) is 49.5 Å². The third-order valence-corrected chi connectivity index (χ3v) is 4.12. The molecular weight excluding hydrogens is 236 g/mol. The minimum Gasteiger partial charge on any atom is -0.396 e. The molecule has 1 heterocycles. The Labute approximate surface area is 116 Å². The molecule has 0 saturated carbocycles. The average molecular weight is 262 g/mol. The molecule has 0 bridgehead atoms. The molecular formula is C16H26N2O. The molecule has 0 aliphatic carbocycles. The minimum absolute atomic E-state index is 0.138. The van der Waals surface area contributed by atoms with E-state index >= 15 is 0 Å². The number of rotatable bonds is 6. The summed E-state index contributed by atoms with van der Waals surface area (Å²) in [5.41, 5.74) is 7.47. The molecule has 0 radical (unpaired) electrons. The summed E-state index contributed by atoms with van der Waals surface area (Å²) in [7, 11) is 0. The summed E-state index contributed by atoms with van der Waals surface area (Å²) in [5, 5.41) is 9.03. The van der Waals surface area contributed by atoms with Gasteiger partial charge in [0.1, 0.15) is 0 Å². The van der Waals surface area contributed by atoms with Crippen LogP contribution in [0.2, 0.25) is 0 Å². The number of nitrogens with zero attached hydrogens (tertiary/aromatic N) is 1. The van der Waals surface area contributed by atoms with Gasteiger partial charge in [-0.1, -0.05) is 30.3 Å². The Balaban J connectivity index is 1.75. The first-order chi connectivity index (χ1) is 9.29. The maximum Gasteiger partial charge on any atom is 0.0434 e. The average Bonchev–Trinajstić information content (AvgIpc) is 2.46. The van der Waals surface area contributed by atoms with Crippen LogP contribution in [-0.2, 0) is 0 Å². The van der Waals surface area contributed by atoms with Gasteiger partial charge >= 0.3 is 0 Å². The number of benzene rings is 1. The zero-order chi connectivity index (χ0) is 13.5. The third kappa shape index (κ3) is 4.60. The maximum atomic E-state index is 9.03. The van der Waals surface area contributed by atoms with Crippen LogP contribution in [0.15, 0.2) is 30.3 Å². The van der Waals surface area contributed by atoms with Crippen molar-refractivity contribution in [1.29, 1.82) is 0 Å². The van der Waals surface area contributed by atoms with Gasteiger partial charge < -0.3 is 15.7 Å². The first-order valence-electron chi connectivity index (χ1n) is 7.43. The molecule has 1 fully saturated rings. The number of nitrogens with two attached hydrogens (primary N) is 1. The fraction of sp³-hybridized carbons (Fsp3) is 0.625. The zero-order valence-electron chi connectivity index (χ0n) is 11.7. The van der Waals surface area contributed by atoms with Gasteiger partial charge in [0, 0.05) is 19.2 Å². The second kappa shape index (κ2) is 7.63. The fourth-order valence-electron chi connectivity index (χ4n) is 2.96. The predicted molar refractivity (Wildman–Crippen MR) is 78.9 cm³/mol. The van der Waals surface area contributed by atoms with Gasteiger partial charge in [0.25, 0.3) is 0 Å². The summed E-state index contributed by atoms with van der Waals surface area (Å²) in [6.07, 6.45) is 4.48. The highest BCUT2D eigenvalue weighted by Gasteiger charge is 2.19. The molecule has 0 amide bonds. The molecule has 106 valence electrons. The summed E-state index contributed by atoms with van der Waals surface area (Å²) in [5.74, 6) is 0.673. The second-order valence-electron chi connectivity index (χ2n) is 5.63. The number of likely N-dealkylation sites (tertiary alicyclic amines) is 1. The van der Waals surface area contributed by atoms with Gasteiger partial charge in [-0.25, -0.2) is 0 Å². The van der Waals surface area contributed by atoms with Crippen molar-refractivity contribution in [2.45, 2.75) is 31.7 Å². The van der Waals surface area contributed by atoms with Crippen molar-refractivity contribution in [3.63, 3.8) is 0 Å². The van der Waals surface area contributed by atoms with E-state index in [9.17, 15) is 0 Å². The lowest BCUT2D eigenvalue weighted by molar-refractivity contribution is 0.144. The van der Waals surface area contributed by atoms with E-state index in [-0.39, 0.29) is 6.04 Å². The summed E-state index contributed by atoms with van der Waals surface area (Å²) in [4.78, 5) is 2.51. The SMILES string of the molecule is NC(CCN1CCCC(CCO)C1)c1ccccc1. The Morgan fingerprint density at radius 3 is 2.84 bits per heavy atom. The Morgan fingerprint density at radius 1 is 1.32 bits per heavy atom. The highest BCUT2D eigenvalue weighted by molar-refractivity contribution is 5.18. The van der Waals surface area contributed by atoms with E-state index in [4.69, 9.17) is 10.8 Å². The number of aliphatic hydroxyl groups excluding tert-OH is 1. The summed E-state index contributed by atoms with van der Waals surface area (Å²) in [6, 6.07) is 10.5. The van der Waals surface area contributed by atoms with Crippen molar-refractivity contribution >= 4 is 0 Å². The van der Waals surface area contributed by atoms with E-state index in [1.807, 2.05) is 18.2 Å². The van der Waals surface area contributed by atoms with Crippen LogP contribution in [0.1, 0.15) is 37.3 Å². The monoisotopic (exact) mass is 262 g/mol. The van der Waals surface area contributed by atoms with Crippen LogP contribution >= 0.6 is 0 Å². The van der Waals surface area contributed by atoms with Crippen LogP contribution in [0.3, 0.4) is 0 Å². The van der Waals surface area contributed by atoms with Crippen LogP contribution in [0.25, 0.3) is 0 Å². The molecule has 19 heavy (non-hydrogen) atoms. The van der Waals surface area contributed by atoms with E-state index in [2.05, 4.69) is 17.0 Å². The van der Waals surface area contributed by atoms with E-state index in [1.165, 1.54) is 24.9 Å². The van der Waals surface area contributed by atoms with Gasteiger partial charge in [-0.05, 0) is 50.3 Å². The molecule has 2 unspecified atom stereocenters. The van der Waals surface area contributed by atoms with Gasteiger partial charge in [0.05, 0.1) is 0 Å². The van der Waals surface area contributed by atoms with Crippen molar-refractivity contribution in [2.24, 2.45) is 11.7 Å². The van der Waals surface area contributed by atoms with Gasteiger partial charge in [-0.2, -0.15) is 0 Å². The van der Waals surface area contributed by atoms with Crippen molar-refractivity contribution in [1.82, 2.24) is 4.90 Å². The quantitative estimate of drug-likeness (QED) is 0.826. The van der Waals surface area contributed by atoms with Crippen LogP contribution in [0.5, 0.6) is 0 Å². The van der Waals surface area contributed by atoms with E-state index in [0.29, 0.717) is 12.5 Å². The lowest BCUT2D eigenvalue weighted by atomic mass is 9.94. The van der Waals surface area contributed by atoms with Crippen LogP contribution in [0.4, 0.5) is 0 Å². The van der Waals surface area contributed by atoms with Crippen molar-refractivity contribution in [2.75, 3.05) is 26.2 Å². The van der Waals surface area contributed by atoms with Crippen molar-refractivity contribution < 1.29 is 5.11 Å². The summed E-state index contributed by atoms with van der Waals surface area (Å²) < 4.78 is 0. The van der Waals surface area contributed by atoms with E-state index in [1.54, 1.807) is 0 Å². The fourth-order valence-corrected chi connectivity index (χ4v) is 2.96. The van der Waals surface area contributed by atoms with E-state index in [0.717, 1.165) is 25.9 Å². The molecule has 0 aromatic heterocycles. The van der Waals surface area contributed by atoms with Crippen LogP contribution < -0.4 is 5.73 Å². The molecule has 1 saturated heterocycles. The number of hydrogen-bond acceptors (Lipinski definition) is 3. The molecule has 1 aromatic rings. The van der Waals surface area contributed by atoms with Gasteiger partial charge in [-0.3, -0.25) is 0 Å². The molecule has 3 N–H and O–H groups in total. The molecule has 1 aliphatic rings. The predicted octanol–water partition coefficient (Wildman–Crippen LogP) is 2.17. The first kappa shape index (κ1) is 14.5. The van der Waals surface area contributed by atoms with Gasteiger partial charge in [0.2, 0.25) is 0 Å². The Hall–Kier alpha value is -0.900. The molecule has 0 spiro atoms. The second-order valence-corrected chi connectivity index (χ2v) is 5.63. The van der Waals surface area contributed by atoms with Crippen molar-refractivity contribution in [3.8, 4) is 0 Å². The van der Waals surface area contributed by atoms with Crippen LogP contribution in [0, 0.1) is 5.92 Å². The molecule has 1 aliphatic heterocycles. The zero-order valence-corrected chi connectivity index (χ0v) is 11.7. The Bertz CT molecular complexity index is 353. The standard InChI is InChI=1S/C16H26N2O/c17-16(15-6-2-1-3-7-15)8-11-18-10-4-5-14(13-18)9-12-19/h1-3,6-7,14,16,19H,4-5,8-13,17H2. The Morgan fingerprint density at radius 2 is 2.11 bits per heavy atom. The number of hydrogen-bond donors (Lipinski definition) is 2. The first-order valence-corrected chi connectivity index (χ1v) is 7.43. The van der Waals surface area contributed by atoms with E-state index < -0.39 is 0 Å². The van der Waals surface area contributed by atoms with Crippen molar-refractivity contribution in [3.05, 3.63) is 35.9 Å². The van der Waals surface area contributed by atoms with Gasteiger partial charge in [-0.15, -0.1) is 0 Å². The highest BCUT2D eigenvalue weighted by Crippen LogP contribution is 2.21. The smallest absolute Gasteiger partial charge is 0.0434 e. The molecule has 3 heteroatoms. The summed E-state index contributed by atoms with van der Waals surface area (Å²) in [6.45, 7) is 3.70. The highest BCUT2D eigenvalue weighted by atomic mass is 16.3.